The molecule has 0 unspecified atom stereocenters. The fourth-order valence-electron chi connectivity index (χ4n) is 3.90. The number of halogens is 1. The van der Waals surface area contributed by atoms with Crippen molar-refractivity contribution in [3.05, 3.63) is 51.8 Å². The van der Waals surface area contributed by atoms with Crippen LogP contribution in [0, 0.1) is 6.92 Å². The molecule has 4 rings (SSSR count). The predicted octanol–water partition coefficient (Wildman–Crippen LogP) is 3.10. The molecule has 0 bridgehead atoms. The highest BCUT2D eigenvalue weighted by atomic mass is 35.5. The normalized spacial score (nSPS) is 21.0. The van der Waals surface area contributed by atoms with E-state index in [-0.39, 0.29) is 11.7 Å². The van der Waals surface area contributed by atoms with Crippen molar-refractivity contribution in [1.82, 2.24) is 14.9 Å². The molecule has 1 fully saturated rings. The molecule has 0 N–H and O–H groups in total. The van der Waals surface area contributed by atoms with Crippen molar-refractivity contribution >= 4 is 23.3 Å². The molecule has 0 saturated carbocycles. The zero-order valence-corrected chi connectivity index (χ0v) is 16.0. The molecule has 2 aliphatic rings. The van der Waals surface area contributed by atoms with E-state index in [1.165, 1.54) is 0 Å². The van der Waals surface area contributed by atoms with E-state index in [1.807, 2.05) is 31.2 Å². The summed E-state index contributed by atoms with van der Waals surface area (Å²) in [5, 5.41) is 0.706. The molecule has 2 aromatic rings. The Morgan fingerprint density at radius 2 is 1.88 bits per heavy atom. The first kappa shape index (κ1) is 17.4. The third kappa shape index (κ3) is 3.33. The zero-order chi connectivity index (χ0) is 18.3. The summed E-state index contributed by atoms with van der Waals surface area (Å²) in [4.78, 5) is 26.8. The van der Waals surface area contributed by atoms with Crippen molar-refractivity contribution in [1.29, 1.82) is 0 Å². The smallest absolute Gasteiger partial charge is 0.225 e. The Balaban J connectivity index is 1.66. The Kier molecular flexibility index (Phi) is 4.67. The molecule has 1 aromatic heterocycles. The van der Waals surface area contributed by atoms with Gasteiger partial charge in [0.15, 0.2) is 5.78 Å². The Labute approximate surface area is 159 Å². The molecule has 6 heteroatoms. The molecule has 2 heterocycles. The summed E-state index contributed by atoms with van der Waals surface area (Å²) in [6.07, 6.45) is 1.25. The summed E-state index contributed by atoms with van der Waals surface area (Å²) in [5.41, 5.74) is 3.51. The van der Waals surface area contributed by atoms with Crippen molar-refractivity contribution < 1.29 is 4.79 Å². The second-order valence-corrected chi connectivity index (χ2v) is 7.74. The highest BCUT2D eigenvalue weighted by Gasteiger charge is 2.31. The zero-order valence-electron chi connectivity index (χ0n) is 15.2. The molecule has 1 aromatic carbocycles. The van der Waals surface area contributed by atoms with E-state index in [2.05, 4.69) is 21.8 Å². The number of aromatic nitrogens is 2. The van der Waals surface area contributed by atoms with E-state index in [0.717, 1.165) is 61.1 Å². The van der Waals surface area contributed by atoms with Crippen LogP contribution in [0.3, 0.4) is 0 Å². The van der Waals surface area contributed by atoms with Crippen molar-refractivity contribution in [2.24, 2.45) is 0 Å². The van der Waals surface area contributed by atoms with E-state index >= 15 is 0 Å². The van der Waals surface area contributed by atoms with Crippen LogP contribution >= 0.6 is 11.6 Å². The number of likely N-dealkylation sites (N-methyl/N-ethyl adjacent to an activating group) is 1. The largest absolute Gasteiger partial charge is 0.338 e. The van der Waals surface area contributed by atoms with Crippen LogP contribution in [0.2, 0.25) is 5.02 Å². The molecule has 136 valence electrons. The van der Waals surface area contributed by atoms with Gasteiger partial charge in [-0.25, -0.2) is 9.97 Å². The number of piperazine rings is 1. The summed E-state index contributed by atoms with van der Waals surface area (Å²) in [6.45, 7) is 5.77. The molecule has 1 aliphatic carbocycles. The molecule has 0 radical (unpaired) electrons. The molecule has 0 amide bonds. The number of anilines is 1. The predicted molar refractivity (Wildman–Crippen MR) is 103 cm³/mol. The number of nitrogens with zero attached hydrogens (tertiary/aromatic N) is 4. The minimum atomic E-state index is 0.128. The van der Waals surface area contributed by atoms with Gasteiger partial charge < -0.3 is 9.80 Å². The molecule has 1 saturated heterocycles. The monoisotopic (exact) mass is 370 g/mol. The van der Waals surface area contributed by atoms with E-state index in [0.29, 0.717) is 11.4 Å². The van der Waals surface area contributed by atoms with Gasteiger partial charge in [0.2, 0.25) is 5.95 Å². The summed E-state index contributed by atoms with van der Waals surface area (Å²) in [6, 6.07) is 7.81. The third-order valence-corrected chi connectivity index (χ3v) is 5.64. The average molecular weight is 371 g/mol. The van der Waals surface area contributed by atoms with Crippen LogP contribution < -0.4 is 4.90 Å². The third-order valence-electron chi connectivity index (χ3n) is 5.41. The summed E-state index contributed by atoms with van der Waals surface area (Å²) < 4.78 is 0. The molecule has 1 atom stereocenters. The van der Waals surface area contributed by atoms with Gasteiger partial charge in [-0.15, -0.1) is 0 Å². The SMILES string of the molecule is Cc1nc(N2CCN(C)CC2)nc2c1C(=O)C[C@@H](c1cccc(Cl)c1)C2. The first-order chi connectivity index (χ1) is 12.5. The van der Waals surface area contributed by atoms with Crippen LogP contribution in [0.15, 0.2) is 24.3 Å². The number of fused-ring (bicyclic) bond motifs is 1. The number of aryl methyl sites for hydroxylation is 1. The van der Waals surface area contributed by atoms with Gasteiger partial charge in [-0.2, -0.15) is 0 Å². The first-order valence-electron chi connectivity index (χ1n) is 9.11. The number of carbonyl (C=O) groups is 1. The van der Waals surface area contributed by atoms with Crippen molar-refractivity contribution in [2.45, 2.75) is 25.7 Å². The summed E-state index contributed by atoms with van der Waals surface area (Å²) in [7, 11) is 2.13. The number of hydrogen-bond donors (Lipinski definition) is 0. The van der Waals surface area contributed by atoms with E-state index in [4.69, 9.17) is 16.6 Å². The fourth-order valence-corrected chi connectivity index (χ4v) is 4.10. The number of ketones is 1. The molecular formula is C20H23ClN4O. The van der Waals surface area contributed by atoms with Crippen LogP contribution in [0.4, 0.5) is 5.95 Å². The molecule has 0 spiro atoms. The minimum Gasteiger partial charge on any atom is -0.338 e. The molecule has 26 heavy (non-hydrogen) atoms. The van der Waals surface area contributed by atoms with Gasteiger partial charge in [0.1, 0.15) is 0 Å². The van der Waals surface area contributed by atoms with E-state index in [9.17, 15) is 4.79 Å². The van der Waals surface area contributed by atoms with E-state index < -0.39 is 0 Å². The molecular weight excluding hydrogens is 348 g/mol. The van der Waals surface area contributed by atoms with E-state index in [1.54, 1.807) is 0 Å². The van der Waals surface area contributed by atoms with Gasteiger partial charge in [-0.05, 0) is 44.0 Å². The number of benzene rings is 1. The van der Waals surface area contributed by atoms with Gasteiger partial charge in [0.25, 0.3) is 0 Å². The van der Waals surface area contributed by atoms with Gasteiger partial charge >= 0.3 is 0 Å². The average Bonchev–Trinajstić information content (AvgIpc) is 2.61. The standard InChI is InChI=1S/C20H23ClN4O/c1-13-19-17(23-20(22-13)25-8-6-24(2)7-9-25)11-15(12-18(19)26)14-4-3-5-16(21)10-14/h3-5,10,15H,6-9,11-12H2,1-2H3/t15-/m0/s1. The lowest BCUT2D eigenvalue weighted by Crippen LogP contribution is -2.45. The minimum absolute atomic E-state index is 0.128. The maximum atomic E-state index is 12.8. The van der Waals surface area contributed by atoms with Crippen LogP contribution in [0.5, 0.6) is 0 Å². The van der Waals surface area contributed by atoms with Gasteiger partial charge in [0.05, 0.1) is 17.0 Å². The number of hydrogen-bond acceptors (Lipinski definition) is 5. The number of rotatable bonds is 2. The Morgan fingerprint density at radius 1 is 1.12 bits per heavy atom. The maximum Gasteiger partial charge on any atom is 0.225 e. The maximum absolute atomic E-state index is 12.8. The number of carbonyl (C=O) groups excluding carboxylic acids is 1. The quantitative estimate of drug-likeness (QED) is 0.813. The summed E-state index contributed by atoms with van der Waals surface area (Å²) >= 11 is 6.14. The Bertz CT molecular complexity index is 846. The highest BCUT2D eigenvalue weighted by molar-refractivity contribution is 6.30. The fraction of sp³-hybridized carbons (Fsp3) is 0.450. The van der Waals surface area contributed by atoms with Crippen LogP contribution in [0.1, 0.15) is 39.6 Å². The van der Waals surface area contributed by atoms with Crippen molar-refractivity contribution in [3.63, 3.8) is 0 Å². The lowest BCUT2D eigenvalue weighted by Gasteiger charge is -2.33. The van der Waals surface area contributed by atoms with Crippen LogP contribution in [0.25, 0.3) is 0 Å². The Hall–Kier alpha value is -1.98. The van der Waals surface area contributed by atoms with Gasteiger partial charge in [-0.3, -0.25) is 4.79 Å². The lowest BCUT2D eigenvalue weighted by molar-refractivity contribution is 0.0962. The Morgan fingerprint density at radius 3 is 2.62 bits per heavy atom. The topological polar surface area (TPSA) is 49.3 Å². The first-order valence-corrected chi connectivity index (χ1v) is 9.48. The molecule has 1 aliphatic heterocycles. The second kappa shape index (κ2) is 6.97. The van der Waals surface area contributed by atoms with Crippen molar-refractivity contribution in [2.75, 3.05) is 38.1 Å². The lowest BCUT2D eigenvalue weighted by atomic mass is 9.81. The molecule has 5 nitrogen and oxygen atoms in total. The second-order valence-electron chi connectivity index (χ2n) is 7.30. The number of Topliss-reactive ketones (excluding diaryl/α,β-unsaturated/α-hetero) is 1. The van der Waals surface area contributed by atoms with Gasteiger partial charge in [-0.1, -0.05) is 23.7 Å². The van der Waals surface area contributed by atoms with Crippen LogP contribution in [-0.4, -0.2) is 53.9 Å². The van der Waals surface area contributed by atoms with Crippen molar-refractivity contribution in [3.8, 4) is 0 Å². The summed E-state index contributed by atoms with van der Waals surface area (Å²) in [5.74, 6) is 1.02. The van der Waals surface area contributed by atoms with Crippen LogP contribution in [-0.2, 0) is 6.42 Å². The highest BCUT2D eigenvalue weighted by Crippen LogP contribution is 2.34. The van der Waals surface area contributed by atoms with Gasteiger partial charge in [0, 0.05) is 37.6 Å².